The maximum Gasteiger partial charge on any atom is 0.0757 e. The van der Waals surface area contributed by atoms with Gasteiger partial charge in [0.25, 0.3) is 0 Å². The first-order valence-corrected chi connectivity index (χ1v) is 4.15. The number of hydrogen-bond acceptors (Lipinski definition) is 3. The first-order chi connectivity index (χ1) is 6.88. The zero-order valence-electron chi connectivity index (χ0n) is 7.37. The van der Waals surface area contributed by atoms with Crippen LogP contribution in [0, 0.1) is 0 Å². The molecule has 2 rings (SSSR count). The zero-order valence-corrected chi connectivity index (χ0v) is 7.37. The number of pyridine rings is 2. The summed E-state index contributed by atoms with van der Waals surface area (Å²) >= 11 is 0. The Morgan fingerprint density at radius 3 is 1.50 bits per heavy atom. The molecule has 2 heterocycles. The largest absolute Gasteiger partial charge is 0.265 e. The Bertz CT molecular complexity index is 351. The summed E-state index contributed by atoms with van der Waals surface area (Å²) in [6.07, 6.45) is 6.34. The Morgan fingerprint density at radius 1 is 0.786 bits per heavy atom. The van der Waals surface area contributed by atoms with Crippen LogP contribution < -0.4 is 5.06 Å². The molecule has 0 atom stereocenters. The summed E-state index contributed by atoms with van der Waals surface area (Å²) in [7, 11) is 0. The maximum absolute atomic E-state index is 11.7. The van der Waals surface area contributed by atoms with Gasteiger partial charge in [0.2, 0.25) is 0 Å². The molecule has 0 N–H and O–H groups in total. The molecule has 0 unspecified atom stereocenters. The van der Waals surface area contributed by atoms with E-state index in [4.69, 9.17) is 0 Å². The average Bonchev–Trinajstić information content (AvgIpc) is 2.30. The fraction of sp³-hybridized carbons (Fsp3) is 0. The second-order valence-corrected chi connectivity index (χ2v) is 2.71. The fourth-order valence-corrected chi connectivity index (χ4v) is 1.11. The van der Waals surface area contributed by atoms with Crippen LogP contribution in [0.15, 0.2) is 49.1 Å². The van der Waals surface area contributed by atoms with E-state index in [1.807, 2.05) is 0 Å². The second-order valence-electron chi connectivity index (χ2n) is 2.71. The topological polar surface area (TPSA) is 48.9 Å². The molecule has 0 saturated carbocycles. The van der Waals surface area contributed by atoms with E-state index in [0.29, 0.717) is 11.4 Å². The highest BCUT2D eigenvalue weighted by atomic mass is 16.5. The lowest BCUT2D eigenvalue weighted by atomic mass is 10.3. The highest BCUT2D eigenvalue weighted by Crippen LogP contribution is 2.21. The molecule has 4 nitrogen and oxygen atoms in total. The molecule has 1 radical (unpaired) electrons. The molecule has 0 aromatic carbocycles. The maximum atomic E-state index is 11.7. The Hall–Kier alpha value is -1.94. The number of anilines is 2. The molecular weight excluding hydrogens is 178 g/mol. The molecular formula is C10H8N3O. The van der Waals surface area contributed by atoms with Gasteiger partial charge in [-0.1, -0.05) is 5.21 Å². The van der Waals surface area contributed by atoms with Crippen molar-refractivity contribution >= 4 is 11.4 Å². The van der Waals surface area contributed by atoms with Crippen LogP contribution in [0.25, 0.3) is 0 Å². The van der Waals surface area contributed by atoms with Crippen LogP contribution in [0.5, 0.6) is 0 Å². The smallest absolute Gasteiger partial charge is 0.0757 e. The summed E-state index contributed by atoms with van der Waals surface area (Å²) in [6, 6.07) is 6.64. The van der Waals surface area contributed by atoms with Crippen LogP contribution in [0.1, 0.15) is 0 Å². The lowest BCUT2D eigenvalue weighted by molar-refractivity contribution is 0.196. The summed E-state index contributed by atoms with van der Waals surface area (Å²) in [5.41, 5.74) is 1.12. The number of rotatable bonds is 2. The number of nitrogens with zero attached hydrogens (tertiary/aromatic N) is 3. The van der Waals surface area contributed by atoms with Crippen LogP contribution in [-0.2, 0) is 5.21 Å². The first-order valence-electron chi connectivity index (χ1n) is 4.15. The van der Waals surface area contributed by atoms with Crippen LogP contribution in [0.4, 0.5) is 11.4 Å². The van der Waals surface area contributed by atoms with Gasteiger partial charge in [-0.05, 0) is 24.3 Å². The molecule has 0 aliphatic carbocycles. The van der Waals surface area contributed by atoms with Gasteiger partial charge in [-0.15, -0.1) is 0 Å². The van der Waals surface area contributed by atoms with Gasteiger partial charge in [0, 0.05) is 24.8 Å². The third kappa shape index (κ3) is 1.70. The van der Waals surface area contributed by atoms with Gasteiger partial charge in [0.05, 0.1) is 11.4 Å². The minimum absolute atomic E-state index is 0.561. The molecule has 69 valence electrons. The van der Waals surface area contributed by atoms with Crippen molar-refractivity contribution in [2.75, 3.05) is 5.06 Å². The van der Waals surface area contributed by atoms with Gasteiger partial charge in [-0.25, -0.2) is 0 Å². The van der Waals surface area contributed by atoms with Gasteiger partial charge < -0.3 is 0 Å². The van der Waals surface area contributed by atoms with E-state index >= 15 is 0 Å². The van der Waals surface area contributed by atoms with Gasteiger partial charge in [0.15, 0.2) is 0 Å². The minimum Gasteiger partial charge on any atom is -0.265 e. The van der Waals surface area contributed by atoms with E-state index in [2.05, 4.69) is 9.97 Å². The summed E-state index contributed by atoms with van der Waals surface area (Å²) in [4.78, 5) is 7.69. The van der Waals surface area contributed by atoms with Crippen LogP contribution >= 0.6 is 0 Å². The molecule has 2 aromatic heterocycles. The van der Waals surface area contributed by atoms with E-state index in [9.17, 15) is 5.21 Å². The SMILES string of the molecule is [O]N(c1ccncc1)c1ccncc1. The van der Waals surface area contributed by atoms with Crippen molar-refractivity contribution in [2.45, 2.75) is 0 Å². The molecule has 0 fully saturated rings. The van der Waals surface area contributed by atoms with Crippen LogP contribution in [-0.4, -0.2) is 9.97 Å². The lowest BCUT2D eigenvalue weighted by Crippen LogP contribution is -2.07. The van der Waals surface area contributed by atoms with Crippen LogP contribution in [0.2, 0.25) is 0 Å². The molecule has 0 saturated heterocycles. The quantitative estimate of drug-likeness (QED) is 0.673. The number of aromatic nitrogens is 2. The Morgan fingerprint density at radius 2 is 1.14 bits per heavy atom. The Balaban J connectivity index is 2.30. The van der Waals surface area contributed by atoms with E-state index in [1.165, 1.54) is 0 Å². The Kier molecular flexibility index (Phi) is 2.38. The standard InChI is InChI=1S/C10H8N3O/c14-13(9-1-5-11-6-2-9)10-3-7-12-8-4-10/h1-8H. The van der Waals surface area contributed by atoms with Crippen molar-refractivity contribution in [2.24, 2.45) is 0 Å². The molecule has 0 aliphatic heterocycles. The van der Waals surface area contributed by atoms with Gasteiger partial charge in [-0.2, -0.15) is 5.06 Å². The Labute approximate surface area is 81.4 Å². The minimum atomic E-state index is 0.561. The van der Waals surface area contributed by atoms with Crippen LogP contribution in [0.3, 0.4) is 0 Å². The van der Waals surface area contributed by atoms with Gasteiger partial charge in [-0.3, -0.25) is 9.97 Å². The van der Waals surface area contributed by atoms with E-state index in [1.54, 1.807) is 49.1 Å². The third-order valence-corrected chi connectivity index (χ3v) is 1.79. The summed E-state index contributed by atoms with van der Waals surface area (Å²) in [5, 5.41) is 12.5. The zero-order chi connectivity index (χ0) is 9.80. The highest BCUT2D eigenvalue weighted by molar-refractivity contribution is 5.58. The molecule has 2 aromatic rings. The summed E-state index contributed by atoms with van der Waals surface area (Å²) in [6.45, 7) is 0. The van der Waals surface area contributed by atoms with Crippen molar-refractivity contribution in [3.05, 3.63) is 49.1 Å². The normalized spacial score (nSPS) is 9.79. The molecule has 0 amide bonds. The molecule has 14 heavy (non-hydrogen) atoms. The fourth-order valence-electron chi connectivity index (χ4n) is 1.11. The average molecular weight is 186 g/mol. The second kappa shape index (κ2) is 3.85. The summed E-state index contributed by atoms with van der Waals surface area (Å²) in [5.74, 6) is 0. The van der Waals surface area contributed by atoms with Crippen molar-refractivity contribution < 1.29 is 5.21 Å². The predicted octanol–water partition coefficient (Wildman–Crippen LogP) is 1.96. The van der Waals surface area contributed by atoms with Crippen molar-refractivity contribution in [3.63, 3.8) is 0 Å². The van der Waals surface area contributed by atoms with E-state index in [-0.39, 0.29) is 0 Å². The third-order valence-electron chi connectivity index (χ3n) is 1.79. The van der Waals surface area contributed by atoms with E-state index < -0.39 is 0 Å². The van der Waals surface area contributed by atoms with Gasteiger partial charge in [0.1, 0.15) is 0 Å². The molecule has 0 spiro atoms. The molecule has 0 aliphatic rings. The highest BCUT2D eigenvalue weighted by Gasteiger charge is 2.05. The van der Waals surface area contributed by atoms with Crippen molar-refractivity contribution in [1.29, 1.82) is 0 Å². The molecule has 4 heteroatoms. The monoisotopic (exact) mass is 186 g/mol. The first kappa shape index (κ1) is 8.65. The summed E-state index contributed by atoms with van der Waals surface area (Å²) < 4.78 is 0. The van der Waals surface area contributed by atoms with Gasteiger partial charge >= 0.3 is 0 Å². The predicted molar refractivity (Wildman–Crippen MR) is 51.3 cm³/mol. The lowest BCUT2D eigenvalue weighted by Gasteiger charge is -2.12. The number of hydrogen-bond donors (Lipinski definition) is 0. The van der Waals surface area contributed by atoms with E-state index in [0.717, 1.165) is 5.06 Å². The van der Waals surface area contributed by atoms with Crippen molar-refractivity contribution in [3.8, 4) is 0 Å². The molecule has 0 bridgehead atoms. The van der Waals surface area contributed by atoms with Crippen molar-refractivity contribution in [1.82, 2.24) is 9.97 Å².